The van der Waals surface area contributed by atoms with Gasteiger partial charge >= 0.3 is 0 Å². The van der Waals surface area contributed by atoms with Gasteiger partial charge in [0.05, 0.1) is 5.60 Å². The second kappa shape index (κ2) is 6.23. The van der Waals surface area contributed by atoms with Crippen molar-refractivity contribution in [3.05, 3.63) is 0 Å². The average Bonchev–Trinajstić information content (AvgIpc) is 2.89. The van der Waals surface area contributed by atoms with Crippen molar-refractivity contribution in [2.24, 2.45) is 5.92 Å². The molecule has 2 aliphatic rings. The van der Waals surface area contributed by atoms with Gasteiger partial charge in [0.15, 0.2) is 0 Å². The normalized spacial score (nSPS) is 28.7. The molecule has 1 N–H and O–H groups in total. The Morgan fingerprint density at radius 2 is 2.11 bits per heavy atom. The zero-order valence-electron chi connectivity index (χ0n) is 12.6. The molecule has 2 heterocycles. The Kier molecular flexibility index (Phi) is 4.85. The monoisotopic (exact) mass is 268 g/mol. The van der Waals surface area contributed by atoms with E-state index in [1.165, 1.54) is 19.3 Å². The maximum atomic E-state index is 12.2. The Morgan fingerprint density at radius 1 is 1.32 bits per heavy atom. The van der Waals surface area contributed by atoms with Crippen molar-refractivity contribution in [3.63, 3.8) is 0 Å². The highest BCUT2D eigenvalue weighted by Gasteiger charge is 2.31. The van der Waals surface area contributed by atoms with Gasteiger partial charge in [-0.3, -0.25) is 4.79 Å². The number of hydrogen-bond acceptors (Lipinski definition) is 3. The summed E-state index contributed by atoms with van der Waals surface area (Å²) in [4.78, 5) is 14.2. The standard InChI is InChI=1S/C15H28N2O2/c1-15(2,3)19-11-14(18)17-9-5-6-12(10-17)13-7-4-8-16-13/h12-13,16H,4-11H2,1-3H3. The fourth-order valence-corrected chi connectivity index (χ4v) is 3.05. The molecular weight excluding hydrogens is 240 g/mol. The van der Waals surface area contributed by atoms with Gasteiger partial charge in [-0.2, -0.15) is 0 Å². The van der Waals surface area contributed by atoms with E-state index < -0.39 is 0 Å². The molecule has 19 heavy (non-hydrogen) atoms. The number of carbonyl (C=O) groups is 1. The van der Waals surface area contributed by atoms with Crippen LogP contribution in [0.5, 0.6) is 0 Å². The first-order valence-corrected chi connectivity index (χ1v) is 7.61. The summed E-state index contributed by atoms with van der Waals surface area (Å²) in [5.74, 6) is 0.785. The van der Waals surface area contributed by atoms with Crippen LogP contribution in [-0.4, -0.2) is 48.7 Å². The molecule has 2 unspecified atom stereocenters. The van der Waals surface area contributed by atoms with Crippen molar-refractivity contribution in [3.8, 4) is 0 Å². The van der Waals surface area contributed by atoms with Crippen LogP contribution < -0.4 is 5.32 Å². The highest BCUT2D eigenvalue weighted by Crippen LogP contribution is 2.24. The maximum Gasteiger partial charge on any atom is 0.248 e. The van der Waals surface area contributed by atoms with Gasteiger partial charge in [0, 0.05) is 19.1 Å². The van der Waals surface area contributed by atoms with E-state index in [1.54, 1.807) is 0 Å². The molecule has 2 saturated heterocycles. The van der Waals surface area contributed by atoms with Gasteiger partial charge < -0.3 is 15.0 Å². The molecule has 1 amide bonds. The average molecular weight is 268 g/mol. The molecule has 2 atom stereocenters. The van der Waals surface area contributed by atoms with Gasteiger partial charge in [-0.25, -0.2) is 0 Å². The number of hydrogen-bond donors (Lipinski definition) is 1. The topological polar surface area (TPSA) is 41.6 Å². The SMILES string of the molecule is CC(C)(C)OCC(=O)N1CCCC(C2CCCN2)C1. The van der Waals surface area contributed by atoms with Crippen molar-refractivity contribution < 1.29 is 9.53 Å². The van der Waals surface area contributed by atoms with Crippen molar-refractivity contribution in [2.45, 2.75) is 58.1 Å². The lowest BCUT2D eigenvalue weighted by Crippen LogP contribution is -2.47. The van der Waals surface area contributed by atoms with Gasteiger partial charge in [0.1, 0.15) is 6.61 Å². The first-order chi connectivity index (χ1) is 8.96. The Morgan fingerprint density at radius 3 is 2.74 bits per heavy atom. The number of likely N-dealkylation sites (tertiary alicyclic amines) is 1. The first kappa shape index (κ1) is 14.8. The van der Waals surface area contributed by atoms with Crippen LogP contribution in [0.4, 0.5) is 0 Å². The van der Waals surface area contributed by atoms with Crippen LogP contribution in [0.1, 0.15) is 46.5 Å². The lowest BCUT2D eigenvalue weighted by molar-refractivity contribution is -0.143. The van der Waals surface area contributed by atoms with Crippen LogP contribution in [0.2, 0.25) is 0 Å². The second-order valence-corrected chi connectivity index (χ2v) is 6.85. The smallest absolute Gasteiger partial charge is 0.248 e. The predicted octanol–water partition coefficient (Wildman–Crippen LogP) is 1.79. The Bertz CT molecular complexity index is 306. The zero-order chi connectivity index (χ0) is 13.9. The minimum atomic E-state index is -0.238. The summed E-state index contributed by atoms with van der Waals surface area (Å²) in [5, 5.41) is 3.57. The van der Waals surface area contributed by atoms with Crippen LogP contribution in [0.25, 0.3) is 0 Å². The molecule has 0 saturated carbocycles. The number of nitrogens with zero attached hydrogens (tertiary/aromatic N) is 1. The Labute approximate surface area is 116 Å². The summed E-state index contributed by atoms with van der Waals surface area (Å²) in [7, 11) is 0. The number of rotatable bonds is 3. The number of nitrogens with one attached hydrogen (secondary N) is 1. The quantitative estimate of drug-likeness (QED) is 0.848. The predicted molar refractivity (Wildman–Crippen MR) is 76.0 cm³/mol. The van der Waals surface area contributed by atoms with Gasteiger partial charge in [-0.15, -0.1) is 0 Å². The molecule has 2 rings (SSSR count). The summed E-state index contributed by atoms with van der Waals surface area (Å²) in [6.45, 7) is 9.13. The van der Waals surface area contributed by atoms with Crippen LogP contribution in [-0.2, 0) is 9.53 Å². The third kappa shape index (κ3) is 4.46. The minimum absolute atomic E-state index is 0.151. The molecule has 4 heteroatoms. The third-order valence-electron chi connectivity index (χ3n) is 4.11. The molecule has 0 aromatic rings. The third-order valence-corrected chi connectivity index (χ3v) is 4.11. The van der Waals surface area contributed by atoms with Crippen LogP contribution in [0.15, 0.2) is 0 Å². The van der Waals surface area contributed by atoms with Crippen molar-refractivity contribution in [2.75, 3.05) is 26.2 Å². The second-order valence-electron chi connectivity index (χ2n) is 6.85. The van der Waals surface area contributed by atoms with Crippen molar-refractivity contribution in [1.29, 1.82) is 0 Å². The van der Waals surface area contributed by atoms with E-state index in [-0.39, 0.29) is 18.1 Å². The number of piperidine rings is 1. The fraction of sp³-hybridized carbons (Fsp3) is 0.933. The summed E-state index contributed by atoms with van der Waals surface area (Å²) >= 11 is 0. The van der Waals surface area contributed by atoms with Gasteiger partial charge in [-0.1, -0.05) is 0 Å². The Balaban J connectivity index is 1.81. The summed E-state index contributed by atoms with van der Waals surface area (Å²) in [6, 6.07) is 0.624. The van der Waals surface area contributed by atoms with E-state index in [2.05, 4.69) is 5.32 Å². The molecule has 0 spiro atoms. The molecule has 0 aromatic carbocycles. The molecule has 2 aliphatic heterocycles. The Hall–Kier alpha value is -0.610. The highest BCUT2D eigenvalue weighted by atomic mass is 16.5. The number of amides is 1. The molecule has 0 aromatic heterocycles. The van der Waals surface area contributed by atoms with Gasteiger partial charge in [0.2, 0.25) is 5.91 Å². The summed E-state index contributed by atoms with van der Waals surface area (Å²) in [5.41, 5.74) is -0.238. The van der Waals surface area contributed by atoms with Crippen LogP contribution >= 0.6 is 0 Å². The minimum Gasteiger partial charge on any atom is -0.366 e. The van der Waals surface area contributed by atoms with Gasteiger partial charge in [0.25, 0.3) is 0 Å². The summed E-state index contributed by atoms with van der Waals surface area (Å²) < 4.78 is 5.60. The molecule has 0 radical (unpaired) electrons. The lowest BCUT2D eigenvalue weighted by Gasteiger charge is -2.36. The van der Waals surface area contributed by atoms with E-state index in [9.17, 15) is 4.79 Å². The van der Waals surface area contributed by atoms with Crippen molar-refractivity contribution >= 4 is 5.91 Å². The molecular formula is C15H28N2O2. The van der Waals surface area contributed by atoms with E-state index in [0.29, 0.717) is 12.0 Å². The molecule has 0 aliphatic carbocycles. The zero-order valence-corrected chi connectivity index (χ0v) is 12.6. The molecule has 2 fully saturated rings. The van der Waals surface area contributed by atoms with Gasteiger partial charge in [-0.05, 0) is 58.9 Å². The van der Waals surface area contributed by atoms with E-state index in [4.69, 9.17) is 4.74 Å². The summed E-state index contributed by atoms with van der Waals surface area (Å²) in [6.07, 6.45) is 4.93. The van der Waals surface area contributed by atoms with E-state index >= 15 is 0 Å². The van der Waals surface area contributed by atoms with Crippen LogP contribution in [0, 0.1) is 5.92 Å². The van der Waals surface area contributed by atoms with Crippen molar-refractivity contribution in [1.82, 2.24) is 10.2 Å². The number of carbonyl (C=O) groups excluding carboxylic acids is 1. The van der Waals surface area contributed by atoms with E-state index in [1.807, 2.05) is 25.7 Å². The van der Waals surface area contributed by atoms with E-state index in [0.717, 1.165) is 26.1 Å². The first-order valence-electron chi connectivity index (χ1n) is 7.61. The maximum absolute atomic E-state index is 12.2. The van der Waals surface area contributed by atoms with Crippen LogP contribution in [0.3, 0.4) is 0 Å². The highest BCUT2D eigenvalue weighted by molar-refractivity contribution is 5.77. The number of ether oxygens (including phenoxy) is 1. The molecule has 0 bridgehead atoms. The molecule has 110 valence electrons. The fourth-order valence-electron chi connectivity index (χ4n) is 3.05. The largest absolute Gasteiger partial charge is 0.366 e. The molecule has 4 nitrogen and oxygen atoms in total. The lowest BCUT2D eigenvalue weighted by atomic mass is 9.90.